The Labute approximate surface area is 245 Å². The molecule has 3 aliphatic rings. The number of ether oxygens (including phenoxy) is 2. The number of anilines is 2. The molecule has 0 amide bonds. The minimum absolute atomic E-state index is 0.0329. The van der Waals surface area contributed by atoms with E-state index in [1.165, 1.54) is 12.1 Å². The summed E-state index contributed by atoms with van der Waals surface area (Å²) in [7, 11) is 4.07. The van der Waals surface area contributed by atoms with Crippen molar-refractivity contribution in [2.45, 2.75) is 37.7 Å². The fraction of sp³-hybridized carbons (Fsp3) is 0.467. The third-order valence-corrected chi connectivity index (χ3v) is 9.78. The summed E-state index contributed by atoms with van der Waals surface area (Å²) in [5.74, 6) is -0.664. The van der Waals surface area contributed by atoms with Crippen LogP contribution in [-0.2, 0) is 4.74 Å². The van der Waals surface area contributed by atoms with Crippen LogP contribution >= 0.6 is 11.3 Å². The van der Waals surface area contributed by atoms with E-state index >= 15 is 4.39 Å². The molecule has 0 unspecified atom stereocenters. The quantitative estimate of drug-likeness (QED) is 0.313. The molecule has 1 aliphatic carbocycles. The lowest BCUT2D eigenvalue weighted by molar-refractivity contribution is -0.151. The third-order valence-electron chi connectivity index (χ3n) is 8.75. The Morgan fingerprint density at radius 3 is 2.71 bits per heavy atom. The Balaban J connectivity index is 1.36. The number of nitriles is 1. The molecule has 3 aromatic heterocycles. The van der Waals surface area contributed by atoms with E-state index < -0.39 is 11.6 Å². The van der Waals surface area contributed by atoms with Gasteiger partial charge in [-0.25, -0.2) is 8.78 Å². The first-order valence-electron chi connectivity index (χ1n) is 14.2. The number of hydrogen-bond donors (Lipinski definition) is 1. The van der Waals surface area contributed by atoms with Crippen LogP contribution in [0.5, 0.6) is 6.01 Å². The highest BCUT2D eigenvalue weighted by molar-refractivity contribution is 7.23. The van der Waals surface area contributed by atoms with Gasteiger partial charge in [-0.2, -0.15) is 15.2 Å². The van der Waals surface area contributed by atoms with E-state index in [1.54, 1.807) is 6.20 Å². The largest absolute Gasteiger partial charge is 0.463 e. The van der Waals surface area contributed by atoms with E-state index in [0.29, 0.717) is 24.4 Å². The number of thiophene rings is 1. The normalized spacial score (nSPS) is 21.2. The Bertz CT molecular complexity index is 1760. The van der Waals surface area contributed by atoms with Crippen LogP contribution in [-0.4, -0.2) is 72.4 Å². The van der Waals surface area contributed by atoms with E-state index in [1.807, 2.05) is 20.2 Å². The van der Waals surface area contributed by atoms with Crippen molar-refractivity contribution in [2.24, 2.45) is 5.41 Å². The van der Waals surface area contributed by atoms with Gasteiger partial charge in [-0.15, -0.1) is 11.3 Å². The molecule has 2 saturated heterocycles. The average Bonchev–Trinajstić information content (AvgIpc) is 3.63. The lowest BCUT2D eigenvalue weighted by Gasteiger charge is -2.48. The van der Waals surface area contributed by atoms with Crippen molar-refractivity contribution in [3.05, 3.63) is 35.5 Å². The Morgan fingerprint density at radius 2 is 2.02 bits per heavy atom. The van der Waals surface area contributed by atoms with Crippen molar-refractivity contribution in [2.75, 3.05) is 57.6 Å². The highest BCUT2D eigenvalue weighted by Gasteiger charge is 2.45. The van der Waals surface area contributed by atoms with Gasteiger partial charge in [0.05, 0.1) is 34.5 Å². The van der Waals surface area contributed by atoms with Crippen LogP contribution in [0.2, 0.25) is 0 Å². The number of fused-ring (bicyclic) bond motifs is 2. The maximum Gasteiger partial charge on any atom is 0.319 e. The average molecular weight is 592 g/mol. The molecule has 0 radical (unpaired) electrons. The first kappa shape index (κ1) is 27.2. The molecule has 12 heteroatoms. The second-order valence-corrected chi connectivity index (χ2v) is 13.2. The van der Waals surface area contributed by atoms with Crippen molar-refractivity contribution in [1.29, 1.82) is 5.26 Å². The van der Waals surface area contributed by atoms with Crippen LogP contribution in [0, 0.1) is 28.4 Å². The van der Waals surface area contributed by atoms with E-state index in [4.69, 9.17) is 20.2 Å². The van der Waals surface area contributed by atoms with Gasteiger partial charge in [-0.05, 0) is 51.9 Å². The van der Waals surface area contributed by atoms with E-state index in [0.717, 1.165) is 63.1 Å². The zero-order valence-electron chi connectivity index (χ0n) is 23.5. The van der Waals surface area contributed by atoms with E-state index in [2.05, 4.69) is 19.8 Å². The first-order chi connectivity index (χ1) is 20.2. The Kier molecular flexibility index (Phi) is 6.45. The molecule has 9 nitrogen and oxygen atoms in total. The lowest BCUT2D eigenvalue weighted by Crippen LogP contribution is -2.56. The molecule has 2 aliphatic heterocycles. The molecule has 1 atom stereocenters. The number of piperidine rings is 1. The predicted octanol–water partition coefficient (Wildman–Crippen LogP) is 5.12. The smallest absolute Gasteiger partial charge is 0.319 e. The second-order valence-electron chi connectivity index (χ2n) is 12.1. The molecule has 2 N–H and O–H groups in total. The number of nitrogens with zero attached hydrogens (tertiary/aromatic N) is 6. The number of benzene rings is 1. The molecule has 218 valence electrons. The zero-order chi connectivity index (χ0) is 29.2. The van der Waals surface area contributed by atoms with Crippen molar-refractivity contribution >= 4 is 43.1 Å². The SMILES string of the molecule is CN(C)CC1(COc2nc(N3CCC[C@]4(CCO4)C3)c3cnc(-c4ccc(F)c5sc(N)c(C#N)c45)c(F)c3n2)CC1. The summed E-state index contributed by atoms with van der Waals surface area (Å²) in [5, 5.41) is 10.6. The van der Waals surface area contributed by atoms with Crippen LogP contribution in [0.1, 0.15) is 37.7 Å². The van der Waals surface area contributed by atoms with Crippen LogP contribution in [0.25, 0.3) is 32.2 Å². The summed E-state index contributed by atoms with van der Waals surface area (Å²) < 4.78 is 43.7. The zero-order valence-corrected chi connectivity index (χ0v) is 24.4. The van der Waals surface area contributed by atoms with Crippen molar-refractivity contribution < 1.29 is 18.3 Å². The second kappa shape index (κ2) is 9.97. The topological polar surface area (TPSA) is 113 Å². The molecular formula is C30H31F2N7O2S. The highest BCUT2D eigenvalue weighted by Crippen LogP contribution is 2.47. The van der Waals surface area contributed by atoms with Gasteiger partial charge >= 0.3 is 6.01 Å². The van der Waals surface area contributed by atoms with Crippen LogP contribution in [0.15, 0.2) is 18.3 Å². The van der Waals surface area contributed by atoms with Gasteiger partial charge in [-0.3, -0.25) is 4.98 Å². The summed E-state index contributed by atoms with van der Waals surface area (Å²) in [6.07, 6.45) is 6.53. The first-order valence-corrected chi connectivity index (χ1v) is 15.0. The number of nitrogen functional groups attached to an aromatic ring is 1. The number of aromatic nitrogens is 3. The lowest BCUT2D eigenvalue weighted by atomic mass is 9.86. The van der Waals surface area contributed by atoms with Gasteiger partial charge in [0.2, 0.25) is 0 Å². The fourth-order valence-corrected chi connectivity index (χ4v) is 7.37. The van der Waals surface area contributed by atoms with Gasteiger partial charge in [0.25, 0.3) is 0 Å². The van der Waals surface area contributed by atoms with E-state index in [9.17, 15) is 9.65 Å². The molecule has 0 bridgehead atoms. The highest BCUT2D eigenvalue weighted by atomic mass is 32.1. The number of nitrogens with two attached hydrogens (primary N) is 1. The number of halogens is 2. The molecule has 1 aromatic carbocycles. The summed E-state index contributed by atoms with van der Waals surface area (Å²) in [5.41, 5.74) is 6.26. The summed E-state index contributed by atoms with van der Waals surface area (Å²) >= 11 is 0.961. The minimum atomic E-state index is -0.691. The minimum Gasteiger partial charge on any atom is -0.463 e. The van der Waals surface area contributed by atoms with E-state index in [-0.39, 0.29) is 54.5 Å². The maximum atomic E-state index is 16.6. The fourth-order valence-electron chi connectivity index (χ4n) is 6.42. The third kappa shape index (κ3) is 4.51. The summed E-state index contributed by atoms with van der Waals surface area (Å²) in [6, 6.07) is 4.82. The molecular weight excluding hydrogens is 560 g/mol. The molecule has 5 heterocycles. The maximum absolute atomic E-state index is 16.6. The van der Waals surface area contributed by atoms with Crippen LogP contribution in [0.3, 0.4) is 0 Å². The molecule has 7 rings (SSSR count). The monoisotopic (exact) mass is 591 g/mol. The number of hydrogen-bond acceptors (Lipinski definition) is 10. The Morgan fingerprint density at radius 1 is 1.21 bits per heavy atom. The predicted molar refractivity (Wildman–Crippen MR) is 158 cm³/mol. The van der Waals surface area contributed by atoms with Gasteiger partial charge in [0, 0.05) is 48.6 Å². The van der Waals surface area contributed by atoms with Crippen LogP contribution < -0.4 is 15.4 Å². The Hall–Kier alpha value is -3.66. The summed E-state index contributed by atoms with van der Waals surface area (Å²) in [4.78, 5) is 18.1. The summed E-state index contributed by atoms with van der Waals surface area (Å²) in [6.45, 7) is 3.44. The number of rotatable bonds is 7. The van der Waals surface area contributed by atoms with Crippen LogP contribution in [0.4, 0.5) is 19.6 Å². The van der Waals surface area contributed by atoms with Gasteiger partial charge in [0.1, 0.15) is 33.9 Å². The van der Waals surface area contributed by atoms with Crippen molar-refractivity contribution in [1.82, 2.24) is 19.9 Å². The van der Waals surface area contributed by atoms with Gasteiger partial charge < -0.3 is 25.0 Å². The molecule has 1 saturated carbocycles. The molecule has 4 aromatic rings. The van der Waals surface area contributed by atoms with Crippen molar-refractivity contribution in [3.63, 3.8) is 0 Å². The molecule has 42 heavy (non-hydrogen) atoms. The molecule has 1 spiro atoms. The molecule has 3 fully saturated rings. The van der Waals surface area contributed by atoms with Gasteiger partial charge in [-0.1, -0.05) is 0 Å². The number of pyridine rings is 1. The van der Waals surface area contributed by atoms with Crippen molar-refractivity contribution in [3.8, 4) is 23.3 Å². The standard InChI is InChI=1S/C30H31F2N7O2S/c1-38(2)14-29(7-8-29)16-40-28-36-24-19(27(37-28)39-10-3-6-30(15-39)9-11-41-30)13-35-23(22(24)32)17-4-5-20(31)25-21(17)18(12-33)26(34)42-25/h4-5,13H,3,6-11,14-16,34H2,1-2H3/t30-/m0/s1. The van der Waals surface area contributed by atoms with Gasteiger partial charge in [0.15, 0.2) is 5.82 Å².